The molecule has 420 valence electrons. The number of carbonyl (C=O) groups excluding carboxylic acids is 1. The molecule has 2 saturated heterocycles. The second kappa shape index (κ2) is 45.4. The molecule has 11 unspecified atom stereocenters. The number of allylic oxidation sites excluding steroid dienone is 14. The number of hydrogen-bond acceptors (Lipinski definition) is 14. The van der Waals surface area contributed by atoms with Crippen molar-refractivity contribution >= 4 is 5.97 Å². The van der Waals surface area contributed by atoms with E-state index in [1.54, 1.807) is 0 Å². The topological polar surface area (TPSA) is 214 Å². The van der Waals surface area contributed by atoms with Gasteiger partial charge in [0.2, 0.25) is 0 Å². The molecule has 14 heteroatoms. The van der Waals surface area contributed by atoms with Crippen molar-refractivity contribution in [1.82, 2.24) is 0 Å². The fourth-order valence-electron chi connectivity index (χ4n) is 8.34. The third kappa shape index (κ3) is 32.4. The molecule has 0 saturated carbocycles. The lowest BCUT2D eigenvalue weighted by Gasteiger charge is -2.42. The highest BCUT2D eigenvalue weighted by Gasteiger charge is 2.47. The van der Waals surface area contributed by atoms with Gasteiger partial charge in [0.05, 0.1) is 26.4 Å². The van der Waals surface area contributed by atoms with Gasteiger partial charge in [0, 0.05) is 13.0 Å². The lowest BCUT2D eigenvalue weighted by Crippen LogP contribution is -2.61. The van der Waals surface area contributed by atoms with Crippen molar-refractivity contribution < 1.29 is 69.0 Å². The van der Waals surface area contributed by atoms with Crippen LogP contribution in [0.2, 0.25) is 0 Å². The number of rotatable bonds is 44. The minimum Gasteiger partial charge on any atom is -0.457 e. The van der Waals surface area contributed by atoms with E-state index in [1.165, 1.54) is 64.2 Å². The molecule has 73 heavy (non-hydrogen) atoms. The van der Waals surface area contributed by atoms with Gasteiger partial charge in [0.15, 0.2) is 12.6 Å². The van der Waals surface area contributed by atoms with Crippen LogP contribution in [0.4, 0.5) is 0 Å². The molecule has 2 aliphatic rings. The predicted molar refractivity (Wildman–Crippen MR) is 288 cm³/mol. The second-order valence-electron chi connectivity index (χ2n) is 19.4. The van der Waals surface area contributed by atoms with Gasteiger partial charge in [-0.05, 0) is 89.9 Å². The van der Waals surface area contributed by atoms with Gasteiger partial charge < -0.3 is 64.2 Å². The molecule has 0 spiro atoms. The van der Waals surface area contributed by atoms with Crippen molar-refractivity contribution in [2.75, 3.05) is 33.0 Å². The van der Waals surface area contributed by atoms with E-state index in [-0.39, 0.29) is 19.6 Å². The molecule has 2 aliphatic heterocycles. The summed E-state index contributed by atoms with van der Waals surface area (Å²) in [5.74, 6) is -0.405. The van der Waals surface area contributed by atoms with Crippen LogP contribution in [-0.4, -0.2) is 142 Å². The standard InChI is InChI=1S/C59H100O14/c1-3-5-7-9-11-13-15-17-19-21-22-23-24-25-26-27-28-30-32-34-36-38-40-42-51(61)71-48(45-68-43-41-39-37-35-33-31-29-20-18-16-14-12-10-8-6-4-2)46-69-58-57(67)55(65)53(63)50(73-58)47-70-59-56(66)54(64)52(62)49(44-60)72-59/h5,7,11,13,17-20,22-23,25-26,28,30,48-50,52-60,62-67H,3-4,6,8-10,12,14-16,21,24,27,29,31-47H2,1-2H3/b7-5-,13-11-,19-17-,20-18-,23-22-,26-25-,30-28-. The smallest absolute Gasteiger partial charge is 0.306 e. The van der Waals surface area contributed by atoms with Crippen molar-refractivity contribution in [3.05, 3.63) is 85.1 Å². The molecule has 11 atom stereocenters. The van der Waals surface area contributed by atoms with E-state index in [1.807, 2.05) is 0 Å². The largest absolute Gasteiger partial charge is 0.457 e. The molecule has 0 radical (unpaired) electrons. The van der Waals surface area contributed by atoms with Crippen LogP contribution in [0, 0.1) is 0 Å². The van der Waals surface area contributed by atoms with Crippen LogP contribution in [-0.2, 0) is 33.2 Å². The summed E-state index contributed by atoms with van der Waals surface area (Å²) >= 11 is 0. The fourth-order valence-corrected chi connectivity index (χ4v) is 8.34. The summed E-state index contributed by atoms with van der Waals surface area (Å²) in [5.41, 5.74) is 0. The normalized spacial score (nSPS) is 25.6. The molecule has 14 nitrogen and oxygen atoms in total. The molecular formula is C59H100O14. The Morgan fingerprint density at radius 2 is 0.890 bits per heavy atom. The maximum absolute atomic E-state index is 13.1. The molecule has 2 fully saturated rings. The van der Waals surface area contributed by atoms with Crippen LogP contribution in [0.25, 0.3) is 0 Å². The zero-order valence-corrected chi connectivity index (χ0v) is 44.8. The van der Waals surface area contributed by atoms with Gasteiger partial charge in [-0.1, -0.05) is 170 Å². The van der Waals surface area contributed by atoms with E-state index in [2.05, 4.69) is 98.9 Å². The Morgan fingerprint density at radius 1 is 0.466 bits per heavy atom. The summed E-state index contributed by atoms with van der Waals surface area (Å²) in [7, 11) is 0. The first-order valence-electron chi connectivity index (χ1n) is 28.2. The van der Waals surface area contributed by atoms with E-state index in [0.717, 1.165) is 89.9 Å². The van der Waals surface area contributed by atoms with Gasteiger partial charge in [-0.2, -0.15) is 0 Å². The first-order valence-corrected chi connectivity index (χ1v) is 28.2. The number of aliphatic hydroxyl groups excluding tert-OH is 7. The van der Waals surface area contributed by atoms with E-state index in [4.69, 9.17) is 28.4 Å². The highest BCUT2D eigenvalue weighted by molar-refractivity contribution is 5.69. The Bertz CT molecular complexity index is 1530. The van der Waals surface area contributed by atoms with Crippen LogP contribution >= 0.6 is 0 Å². The number of carbonyl (C=O) groups is 1. The van der Waals surface area contributed by atoms with Crippen LogP contribution < -0.4 is 0 Å². The number of esters is 1. The lowest BCUT2D eigenvalue weighted by molar-refractivity contribution is -0.332. The SMILES string of the molecule is CC/C=C\C/C=C\C/C=C\C/C=C\C/C=C\C/C=C\CCCCCCC(=O)OC(COCCCCCCCC/C=C\CCCCCCCC)COC1OC(COC2OC(CO)C(O)C(O)C2O)C(O)C(O)C1O. The van der Waals surface area contributed by atoms with Gasteiger partial charge in [-0.25, -0.2) is 0 Å². The van der Waals surface area contributed by atoms with Crippen molar-refractivity contribution in [2.24, 2.45) is 0 Å². The molecule has 0 amide bonds. The second-order valence-corrected chi connectivity index (χ2v) is 19.4. The third-order valence-electron chi connectivity index (χ3n) is 12.9. The summed E-state index contributed by atoms with van der Waals surface area (Å²) in [4.78, 5) is 13.1. The molecular weight excluding hydrogens is 933 g/mol. The molecule has 2 rings (SSSR count). The first-order chi connectivity index (χ1) is 35.6. The monoisotopic (exact) mass is 1030 g/mol. The average molecular weight is 1030 g/mol. The van der Waals surface area contributed by atoms with Gasteiger partial charge in [0.1, 0.15) is 54.9 Å². The van der Waals surface area contributed by atoms with Crippen LogP contribution in [0.1, 0.15) is 181 Å². The Balaban J connectivity index is 1.75. The number of ether oxygens (including phenoxy) is 6. The lowest BCUT2D eigenvalue weighted by atomic mass is 9.98. The Labute approximate surface area is 439 Å². The summed E-state index contributed by atoms with van der Waals surface area (Å²) in [5, 5.41) is 72.3. The Morgan fingerprint density at radius 3 is 1.41 bits per heavy atom. The zero-order chi connectivity index (χ0) is 53.0. The van der Waals surface area contributed by atoms with E-state index in [0.29, 0.717) is 13.0 Å². The molecule has 7 N–H and O–H groups in total. The van der Waals surface area contributed by atoms with Gasteiger partial charge in [-0.3, -0.25) is 4.79 Å². The molecule has 0 aromatic carbocycles. The van der Waals surface area contributed by atoms with Crippen molar-refractivity contribution in [2.45, 2.75) is 248 Å². The maximum atomic E-state index is 13.1. The highest BCUT2D eigenvalue weighted by atomic mass is 16.7. The molecule has 0 aromatic rings. The van der Waals surface area contributed by atoms with Crippen molar-refractivity contribution in [3.8, 4) is 0 Å². The van der Waals surface area contributed by atoms with E-state index < -0.39 is 86.7 Å². The first kappa shape index (κ1) is 66.3. The Kier molecular flexibility index (Phi) is 41.2. The quantitative estimate of drug-likeness (QED) is 0.0172. The maximum Gasteiger partial charge on any atom is 0.306 e. The summed E-state index contributed by atoms with van der Waals surface area (Å²) in [6.07, 6.45) is 42.1. The highest BCUT2D eigenvalue weighted by Crippen LogP contribution is 2.26. The van der Waals surface area contributed by atoms with Gasteiger partial charge >= 0.3 is 5.97 Å². The molecule has 0 aromatic heterocycles. The van der Waals surface area contributed by atoms with E-state index >= 15 is 0 Å². The molecule has 0 aliphatic carbocycles. The molecule has 2 heterocycles. The minimum absolute atomic E-state index is 0.0421. The number of unbranched alkanes of at least 4 members (excludes halogenated alkanes) is 16. The van der Waals surface area contributed by atoms with Crippen LogP contribution in [0.15, 0.2) is 85.1 Å². The van der Waals surface area contributed by atoms with Gasteiger partial charge in [-0.15, -0.1) is 0 Å². The van der Waals surface area contributed by atoms with Crippen LogP contribution in [0.3, 0.4) is 0 Å². The molecule has 0 bridgehead atoms. The average Bonchev–Trinajstić information content (AvgIpc) is 3.39. The van der Waals surface area contributed by atoms with Gasteiger partial charge in [0.25, 0.3) is 0 Å². The third-order valence-corrected chi connectivity index (χ3v) is 12.9. The predicted octanol–water partition coefficient (Wildman–Crippen LogP) is 9.63. The minimum atomic E-state index is -1.72. The Hall–Kier alpha value is -2.83. The fraction of sp³-hybridized carbons (Fsp3) is 0.746. The van der Waals surface area contributed by atoms with Crippen molar-refractivity contribution in [3.63, 3.8) is 0 Å². The summed E-state index contributed by atoms with van der Waals surface area (Å²) in [6, 6.07) is 0. The van der Waals surface area contributed by atoms with E-state index in [9.17, 15) is 40.5 Å². The van der Waals surface area contributed by atoms with Crippen molar-refractivity contribution in [1.29, 1.82) is 0 Å². The zero-order valence-electron chi connectivity index (χ0n) is 44.8. The summed E-state index contributed by atoms with van der Waals surface area (Å²) in [6.45, 7) is 3.51. The number of aliphatic hydroxyl groups is 7. The summed E-state index contributed by atoms with van der Waals surface area (Å²) < 4.78 is 34.3. The number of hydrogen-bond donors (Lipinski definition) is 7. The van der Waals surface area contributed by atoms with Crippen LogP contribution in [0.5, 0.6) is 0 Å².